The number of hydrogen-bond acceptors (Lipinski definition) is 4. The molecule has 18 heavy (non-hydrogen) atoms. The van der Waals surface area contributed by atoms with Crippen LogP contribution in [0.25, 0.3) is 0 Å². The monoisotopic (exact) mass is 252 g/mol. The van der Waals surface area contributed by atoms with Crippen LogP contribution in [0.5, 0.6) is 11.5 Å². The summed E-state index contributed by atoms with van der Waals surface area (Å²) < 4.78 is 10.9. The van der Waals surface area contributed by atoms with Gasteiger partial charge in [-0.05, 0) is 13.1 Å². The van der Waals surface area contributed by atoms with Crippen molar-refractivity contribution in [3.05, 3.63) is 23.8 Å². The van der Waals surface area contributed by atoms with E-state index in [0.29, 0.717) is 18.0 Å². The van der Waals surface area contributed by atoms with Crippen LogP contribution in [0.4, 0.5) is 0 Å². The van der Waals surface area contributed by atoms with Crippen LogP contribution in [0, 0.1) is 5.92 Å². The number of carbonyl (C=O) groups is 1. The van der Waals surface area contributed by atoms with E-state index in [0.717, 1.165) is 5.56 Å². The number of hydrogen-bond donors (Lipinski definition) is 2. The second-order valence-electron chi connectivity index (χ2n) is 4.09. The molecule has 1 aromatic rings. The topological polar surface area (TPSA) is 73.6 Å². The normalized spacial score (nSPS) is 11.9. The Morgan fingerprint density at radius 2 is 2.22 bits per heavy atom. The third-order valence-corrected chi connectivity index (χ3v) is 2.61. The number of amides is 1. The number of benzene rings is 1. The van der Waals surface area contributed by atoms with Crippen molar-refractivity contribution in [2.24, 2.45) is 11.7 Å². The quantitative estimate of drug-likeness (QED) is 0.756. The summed E-state index contributed by atoms with van der Waals surface area (Å²) in [5, 5.41) is 3.06. The van der Waals surface area contributed by atoms with E-state index in [1.54, 1.807) is 14.0 Å². The molecule has 1 atom stereocenters. The Balaban J connectivity index is 2.86. The van der Waals surface area contributed by atoms with Crippen molar-refractivity contribution < 1.29 is 14.3 Å². The number of methoxy groups -OCH3 is 1. The molecule has 0 saturated carbocycles. The van der Waals surface area contributed by atoms with Crippen molar-refractivity contribution >= 4 is 5.91 Å². The van der Waals surface area contributed by atoms with Gasteiger partial charge in [0.25, 0.3) is 0 Å². The molecule has 100 valence electrons. The van der Waals surface area contributed by atoms with E-state index in [9.17, 15) is 4.79 Å². The second-order valence-corrected chi connectivity index (χ2v) is 4.09. The number of ether oxygens (including phenoxy) is 2. The molecule has 0 aliphatic heterocycles. The number of primary amides is 1. The Bertz CT molecular complexity index is 407. The molecule has 0 bridgehead atoms. The summed E-state index contributed by atoms with van der Waals surface area (Å²) in [5.41, 5.74) is 6.18. The minimum Gasteiger partial charge on any atom is -0.493 e. The molecule has 1 amide bonds. The van der Waals surface area contributed by atoms with Gasteiger partial charge in [0.1, 0.15) is 0 Å². The molecule has 5 heteroatoms. The first-order chi connectivity index (χ1) is 8.60. The molecule has 3 N–H and O–H groups in total. The average Bonchev–Trinajstić information content (AvgIpc) is 2.36. The highest BCUT2D eigenvalue weighted by Gasteiger charge is 2.14. The first-order valence-electron chi connectivity index (χ1n) is 5.82. The molecular weight excluding hydrogens is 232 g/mol. The molecule has 0 fully saturated rings. The zero-order valence-corrected chi connectivity index (χ0v) is 11.0. The molecule has 0 heterocycles. The number of nitrogens with two attached hydrogens (primary N) is 1. The summed E-state index contributed by atoms with van der Waals surface area (Å²) in [4.78, 5) is 11.0. The van der Waals surface area contributed by atoms with Crippen LogP contribution >= 0.6 is 0 Å². The maximum atomic E-state index is 11.0. The van der Waals surface area contributed by atoms with E-state index in [1.165, 1.54) is 0 Å². The molecule has 0 spiro atoms. The van der Waals surface area contributed by atoms with Gasteiger partial charge in [-0.25, -0.2) is 0 Å². The number of nitrogens with one attached hydrogen (secondary N) is 1. The zero-order valence-electron chi connectivity index (χ0n) is 11.0. The number of para-hydroxylation sites is 1. The summed E-state index contributed by atoms with van der Waals surface area (Å²) in [6, 6.07) is 5.67. The van der Waals surface area contributed by atoms with E-state index in [2.05, 4.69) is 5.32 Å². The molecule has 0 saturated heterocycles. The Kier molecular flexibility index (Phi) is 5.45. The maximum Gasteiger partial charge on any atom is 0.223 e. The first kappa shape index (κ1) is 14.3. The van der Waals surface area contributed by atoms with Crippen LogP contribution in [0.1, 0.15) is 12.5 Å². The zero-order chi connectivity index (χ0) is 13.5. The fraction of sp³-hybridized carbons (Fsp3) is 0.462. The van der Waals surface area contributed by atoms with Crippen molar-refractivity contribution in [1.29, 1.82) is 0 Å². The van der Waals surface area contributed by atoms with Gasteiger partial charge < -0.3 is 20.5 Å². The van der Waals surface area contributed by atoms with E-state index < -0.39 is 0 Å². The van der Waals surface area contributed by atoms with Crippen molar-refractivity contribution in [3.8, 4) is 11.5 Å². The standard InChI is InChI=1S/C13H20N2O3/c1-9(13(14)16)8-18-12-10(7-15-2)5-4-6-11(12)17-3/h4-6,9,15H,7-8H2,1-3H3,(H2,14,16). The van der Waals surface area contributed by atoms with Gasteiger partial charge in [0.05, 0.1) is 19.6 Å². The highest BCUT2D eigenvalue weighted by molar-refractivity contribution is 5.76. The second kappa shape index (κ2) is 6.86. The summed E-state index contributed by atoms with van der Waals surface area (Å²) in [6.45, 7) is 2.64. The van der Waals surface area contributed by atoms with E-state index >= 15 is 0 Å². The van der Waals surface area contributed by atoms with Crippen LogP contribution in [0.15, 0.2) is 18.2 Å². The highest BCUT2D eigenvalue weighted by Crippen LogP contribution is 2.31. The Hall–Kier alpha value is -1.75. The van der Waals surface area contributed by atoms with Gasteiger partial charge in [-0.3, -0.25) is 4.79 Å². The lowest BCUT2D eigenvalue weighted by atomic mass is 10.1. The molecule has 0 aliphatic rings. The Morgan fingerprint density at radius 1 is 1.50 bits per heavy atom. The summed E-state index contributed by atoms with van der Waals surface area (Å²) in [5.74, 6) is 0.597. The Morgan fingerprint density at radius 3 is 2.78 bits per heavy atom. The highest BCUT2D eigenvalue weighted by atomic mass is 16.5. The van der Waals surface area contributed by atoms with Crippen molar-refractivity contribution in [3.63, 3.8) is 0 Å². The first-order valence-corrected chi connectivity index (χ1v) is 5.82. The third-order valence-electron chi connectivity index (χ3n) is 2.61. The van der Waals surface area contributed by atoms with E-state index in [4.69, 9.17) is 15.2 Å². The molecule has 1 unspecified atom stereocenters. The van der Waals surface area contributed by atoms with Crippen LogP contribution in [0.3, 0.4) is 0 Å². The van der Waals surface area contributed by atoms with Gasteiger partial charge in [-0.1, -0.05) is 19.1 Å². The van der Waals surface area contributed by atoms with Gasteiger partial charge in [0.2, 0.25) is 5.91 Å². The van der Waals surface area contributed by atoms with Gasteiger partial charge >= 0.3 is 0 Å². The van der Waals surface area contributed by atoms with Gasteiger partial charge in [-0.15, -0.1) is 0 Å². The summed E-state index contributed by atoms with van der Waals surface area (Å²) >= 11 is 0. The smallest absolute Gasteiger partial charge is 0.223 e. The van der Waals surface area contributed by atoms with Crippen LogP contribution < -0.4 is 20.5 Å². The SMILES string of the molecule is CNCc1cccc(OC)c1OCC(C)C(N)=O. The minimum atomic E-state index is -0.375. The van der Waals surface area contributed by atoms with Crippen molar-refractivity contribution in [2.45, 2.75) is 13.5 Å². The minimum absolute atomic E-state index is 0.242. The molecule has 0 radical (unpaired) electrons. The largest absolute Gasteiger partial charge is 0.493 e. The lowest BCUT2D eigenvalue weighted by Gasteiger charge is -2.16. The molecule has 5 nitrogen and oxygen atoms in total. The fourth-order valence-corrected chi connectivity index (χ4v) is 1.51. The van der Waals surface area contributed by atoms with Crippen LogP contribution in [0.2, 0.25) is 0 Å². The van der Waals surface area contributed by atoms with Crippen molar-refractivity contribution in [1.82, 2.24) is 5.32 Å². The van der Waals surface area contributed by atoms with Crippen LogP contribution in [-0.4, -0.2) is 26.7 Å². The predicted molar refractivity (Wildman–Crippen MR) is 69.6 cm³/mol. The van der Waals surface area contributed by atoms with Gasteiger partial charge in [-0.2, -0.15) is 0 Å². The van der Waals surface area contributed by atoms with E-state index in [1.807, 2.05) is 25.2 Å². The molecule has 1 rings (SSSR count). The molecule has 1 aromatic carbocycles. The molecule has 0 aliphatic carbocycles. The third kappa shape index (κ3) is 3.63. The van der Waals surface area contributed by atoms with Crippen molar-refractivity contribution in [2.75, 3.05) is 20.8 Å². The summed E-state index contributed by atoms with van der Waals surface area (Å²) in [7, 11) is 3.44. The number of rotatable bonds is 7. The van der Waals surface area contributed by atoms with E-state index in [-0.39, 0.29) is 18.4 Å². The predicted octanol–water partition coefficient (Wildman–Crippen LogP) is 0.915. The number of carbonyl (C=O) groups excluding carboxylic acids is 1. The average molecular weight is 252 g/mol. The fourth-order valence-electron chi connectivity index (χ4n) is 1.51. The molecular formula is C13H20N2O3. The van der Waals surface area contributed by atoms with Gasteiger partial charge in [0.15, 0.2) is 11.5 Å². The Labute approximate surface area is 107 Å². The maximum absolute atomic E-state index is 11.0. The lowest BCUT2D eigenvalue weighted by Crippen LogP contribution is -2.26. The molecule has 0 aromatic heterocycles. The summed E-state index contributed by atoms with van der Waals surface area (Å²) in [6.07, 6.45) is 0. The lowest BCUT2D eigenvalue weighted by molar-refractivity contribution is -0.122. The van der Waals surface area contributed by atoms with Gasteiger partial charge in [0, 0.05) is 12.1 Å². The van der Waals surface area contributed by atoms with Crippen LogP contribution in [-0.2, 0) is 11.3 Å².